The number of fused-ring (bicyclic) bond motifs is 2. The zero-order valence-electron chi connectivity index (χ0n) is 29.9. The fourth-order valence-electron chi connectivity index (χ4n) is 8.07. The Labute approximate surface area is 315 Å². The van der Waals surface area contributed by atoms with Gasteiger partial charge in [-0.1, -0.05) is 18.2 Å². The summed E-state index contributed by atoms with van der Waals surface area (Å²) in [5.74, 6) is -0.247. The molecule has 7 heterocycles. The van der Waals surface area contributed by atoms with Gasteiger partial charge in [-0.25, -0.2) is 18.9 Å². The van der Waals surface area contributed by atoms with Gasteiger partial charge in [-0.05, 0) is 79.4 Å². The van der Waals surface area contributed by atoms with E-state index in [-0.39, 0.29) is 35.8 Å². The first kappa shape index (κ1) is 34.5. The summed E-state index contributed by atoms with van der Waals surface area (Å²) in [6.45, 7) is 5.03. The Morgan fingerprint density at radius 3 is 2.49 bits per heavy atom. The molecule has 4 aliphatic heterocycles. The van der Waals surface area contributed by atoms with Crippen molar-refractivity contribution >= 4 is 40.9 Å². The SMILES string of the molecule is O=C1CCC(N2C(=O)c3ccc(OCCN4CCN(c5cccc(-c6cnc7ccc(N8CCCC8c8cccc(F)c8)nn67)n5)CC4)cc3C2=O)C(=O)N1. The molecular weight excluding hydrogens is 705 g/mol. The minimum absolute atomic E-state index is 0.0518. The predicted molar refractivity (Wildman–Crippen MR) is 199 cm³/mol. The highest BCUT2D eigenvalue weighted by molar-refractivity contribution is 6.23. The molecule has 55 heavy (non-hydrogen) atoms. The monoisotopic (exact) mass is 743 g/mol. The lowest BCUT2D eigenvalue weighted by Gasteiger charge is -2.35. The van der Waals surface area contributed by atoms with Crippen molar-refractivity contribution in [2.45, 2.75) is 37.8 Å². The standard InChI is InChI=1S/C40H38FN9O5/c41-26-5-1-4-25(22-26)31-7-3-15-48(31)36-13-12-34-42-24-33(50(34)45-36)30-6-2-8-35(43-30)47-18-16-46(17-19-47)20-21-55-27-9-10-28-29(23-27)40(54)49(39(28)53)32-11-14-37(51)44-38(32)52/h1-2,4-6,8-10,12-13,22-24,31-32H,3,7,11,14-21H2,(H,44,51,52). The van der Waals surface area contributed by atoms with E-state index in [0.717, 1.165) is 84.7 Å². The van der Waals surface area contributed by atoms with E-state index < -0.39 is 29.7 Å². The largest absolute Gasteiger partial charge is 0.492 e. The number of halogens is 1. The van der Waals surface area contributed by atoms with Crippen LogP contribution < -0.4 is 19.9 Å². The van der Waals surface area contributed by atoms with E-state index >= 15 is 0 Å². The second-order valence-electron chi connectivity index (χ2n) is 14.2. The van der Waals surface area contributed by atoms with Crippen LogP contribution in [0.2, 0.25) is 0 Å². The summed E-state index contributed by atoms with van der Waals surface area (Å²) in [6.07, 6.45) is 3.90. The number of amides is 4. The number of carbonyl (C=O) groups excluding carboxylic acids is 4. The Bertz CT molecular complexity index is 2340. The first-order valence-electron chi connectivity index (χ1n) is 18.6. The maximum atomic E-state index is 14.1. The summed E-state index contributed by atoms with van der Waals surface area (Å²) in [4.78, 5) is 67.5. The van der Waals surface area contributed by atoms with Crippen LogP contribution >= 0.6 is 0 Å². The number of benzene rings is 2. The number of imidazole rings is 1. The molecule has 280 valence electrons. The van der Waals surface area contributed by atoms with Gasteiger partial charge >= 0.3 is 0 Å². The van der Waals surface area contributed by atoms with Crippen LogP contribution in [0.1, 0.15) is 58.0 Å². The number of aromatic nitrogens is 4. The molecule has 4 amide bonds. The summed E-state index contributed by atoms with van der Waals surface area (Å²) in [5.41, 5.74) is 3.63. The van der Waals surface area contributed by atoms with Crippen molar-refractivity contribution in [1.82, 2.24) is 34.7 Å². The molecular formula is C40H38FN9O5. The molecule has 3 aromatic heterocycles. The van der Waals surface area contributed by atoms with Crippen molar-refractivity contribution in [3.8, 4) is 17.1 Å². The lowest BCUT2D eigenvalue weighted by atomic mass is 10.0. The lowest BCUT2D eigenvalue weighted by molar-refractivity contribution is -0.136. The number of hydrogen-bond donors (Lipinski definition) is 1. The van der Waals surface area contributed by atoms with Crippen molar-refractivity contribution in [3.63, 3.8) is 0 Å². The molecule has 0 radical (unpaired) electrons. The van der Waals surface area contributed by atoms with Crippen LogP contribution in [0.4, 0.5) is 16.0 Å². The Hall–Kier alpha value is -6.22. The average molecular weight is 744 g/mol. The van der Waals surface area contributed by atoms with Gasteiger partial charge in [0.05, 0.1) is 29.1 Å². The molecule has 0 aliphatic carbocycles. The third kappa shape index (κ3) is 6.54. The molecule has 2 aromatic carbocycles. The van der Waals surface area contributed by atoms with Gasteiger partial charge in [0.1, 0.15) is 41.5 Å². The molecule has 5 aromatic rings. The van der Waals surface area contributed by atoms with E-state index in [0.29, 0.717) is 18.9 Å². The predicted octanol–water partition coefficient (Wildman–Crippen LogP) is 3.87. The van der Waals surface area contributed by atoms with Gasteiger partial charge in [-0.2, -0.15) is 0 Å². The Kier molecular flexibility index (Phi) is 8.92. The van der Waals surface area contributed by atoms with Gasteiger partial charge in [0, 0.05) is 45.7 Å². The number of piperidine rings is 1. The molecule has 1 N–H and O–H groups in total. The number of rotatable bonds is 9. The number of nitrogens with zero attached hydrogens (tertiary/aromatic N) is 8. The number of hydrogen-bond acceptors (Lipinski definition) is 11. The van der Waals surface area contributed by atoms with Crippen LogP contribution in [0.5, 0.6) is 5.75 Å². The smallest absolute Gasteiger partial charge is 0.262 e. The van der Waals surface area contributed by atoms with Crippen LogP contribution in [0, 0.1) is 5.82 Å². The first-order valence-corrected chi connectivity index (χ1v) is 18.6. The molecule has 3 saturated heterocycles. The van der Waals surface area contributed by atoms with E-state index in [2.05, 4.69) is 25.0 Å². The van der Waals surface area contributed by atoms with E-state index in [1.165, 1.54) is 6.07 Å². The molecule has 14 nitrogen and oxygen atoms in total. The van der Waals surface area contributed by atoms with Crippen LogP contribution in [-0.2, 0) is 9.59 Å². The van der Waals surface area contributed by atoms with Crippen LogP contribution in [-0.4, -0.2) is 105 Å². The minimum Gasteiger partial charge on any atom is -0.492 e. The average Bonchev–Trinajstić information content (AvgIpc) is 3.92. The fourth-order valence-corrected chi connectivity index (χ4v) is 8.07. The number of carbonyl (C=O) groups is 4. The quantitative estimate of drug-likeness (QED) is 0.220. The highest BCUT2D eigenvalue weighted by atomic mass is 19.1. The topological polar surface area (TPSA) is 146 Å². The van der Waals surface area contributed by atoms with Gasteiger partial charge in [0.25, 0.3) is 11.8 Å². The zero-order valence-corrected chi connectivity index (χ0v) is 29.9. The van der Waals surface area contributed by atoms with Crippen molar-refractivity contribution in [2.24, 2.45) is 0 Å². The summed E-state index contributed by atoms with van der Waals surface area (Å²) >= 11 is 0. The number of pyridine rings is 1. The summed E-state index contributed by atoms with van der Waals surface area (Å²) in [7, 11) is 0. The van der Waals surface area contributed by atoms with Gasteiger partial charge in [-0.3, -0.25) is 34.3 Å². The molecule has 15 heteroatoms. The van der Waals surface area contributed by atoms with E-state index in [4.69, 9.17) is 14.8 Å². The molecule has 9 rings (SSSR count). The zero-order chi connectivity index (χ0) is 37.6. The second-order valence-corrected chi connectivity index (χ2v) is 14.2. The van der Waals surface area contributed by atoms with E-state index in [1.807, 2.05) is 40.9 Å². The number of ether oxygens (including phenoxy) is 1. The Balaban J connectivity index is 0.814. The Morgan fingerprint density at radius 1 is 0.818 bits per heavy atom. The van der Waals surface area contributed by atoms with Crippen LogP contribution in [0.15, 0.2) is 79.0 Å². The van der Waals surface area contributed by atoms with Crippen molar-refractivity contribution in [1.29, 1.82) is 0 Å². The number of anilines is 2. The molecule has 0 saturated carbocycles. The second kappa shape index (κ2) is 14.2. The Morgan fingerprint density at radius 2 is 1.65 bits per heavy atom. The lowest BCUT2D eigenvalue weighted by Crippen LogP contribution is -2.54. The molecule has 2 atom stereocenters. The minimum atomic E-state index is -1.01. The maximum Gasteiger partial charge on any atom is 0.262 e. The molecule has 4 aliphatic rings. The summed E-state index contributed by atoms with van der Waals surface area (Å²) in [5, 5.41) is 7.21. The van der Waals surface area contributed by atoms with Crippen molar-refractivity contribution in [2.75, 3.05) is 55.7 Å². The highest BCUT2D eigenvalue weighted by Crippen LogP contribution is 2.36. The fraction of sp³-hybridized carbons (Fsp3) is 0.325. The highest BCUT2D eigenvalue weighted by Gasteiger charge is 2.44. The van der Waals surface area contributed by atoms with Gasteiger partial charge in [0.2, 0.25) is 11.8 Å². The normalized spacial score (nSPS) is 20.4. The molecule has 0 spiro atoms. The first-order chi connectivity index (χ1) is 26.8. The molecule has 2 unspecified atom stereocenters. The van der Waals surface area contributed by atoms with Crippen molar-refractivity contribution < 1.29 is 28.3 Å². The number of nitrogens with one attached hydrogen (secondary N) is 1. The van der Waals surface area contributed by atoms with Crippen LogP contribution in [0.25, 0.3) is 17.0 Å². The van der Waals surface area contributed by atoms with Gasteiger partial charge in [0.15, 0.2) is 5.65 Å². The third-order valence-electron chi connectivity index (χ3n) is 10.9. The maximum absolute atomic E-state index is 14.1. The number of piperazine rings is 1. The summed E-state index contributed by atoms with van der Waals surface area (Å²) < 4.78 is 21.9. The number of imide groups is 2. The third-order valence-corrected chi connectivity index (χ3v) is 10.9. The molecule has 3 fully saturated rings. The van der Waals surface area contributed by atoms with Gasteiger partial charge < -0.3 is 14.5 Å². The summed E-state index contributed by atoms with van der Waals surface area (Å²) in [6, 6.07) is 20.5. The van der Waals surface area contributed by atoms with Crippen LogP contribution in [0.3, 0.4) is 0 Å². The molecule has 0 bridgehead atoms. The van der Waals surface area contributed by atoms with Crippen molar-refractivity contribution in [3.05, 3.63) is 102 Å². The van der Waals surface area contributed by atoms with E-state index in [1.54, 1.807) is 36.5 Å². The van der Waals surface area contributed by atoms with Gasteiger partial charge in [-0.15, -0.1) is 5.10 Å². The van der Waals surface area contributed by atoms with E-state index in [9.17, 15) is 23.6 Å².